The topological polar surface area (TPSA) is 103 Å². The SMILES string of the molecule is CCCc1nc(C)n(-c2ccc(OC(C)CF)cc2)c(=O)c1Cc1ccc(-c2ccccc2-c2noc(=O)[nH]2)cc1.[NaH]. The normalized spacial score (nSPS) is 11.6. The third-order valence-electron chi connectivity index (χ3n) is 6.83. The van der Waals surface area contributed by atoms with Crippen molar-refractivity contribution in [2.45, 2.75) is 46.1 Å². The van der Waals surface area contributed by atoms with Crippen LogP contribution in [0.5, 0.6) is 5.75 Å². The molecule has 1 atom stereocenters. The van der Waals surface area contributed by atoms with Gasteiger partial charge in [-0.2, -0.15) is 0 Å². The van der Waals surface area contributed by atoms with Crippen LogP contribution in [0.4, 0.5) is 4.39 Å². The Morgan fingerprint density at radius 2 is 1.69 bits per heavy atom. The molecule has 5 rings (SSSR count). The molecule has 0 bridgehead atoms. The molecule has 3 aromatic carbocycles. The number of nitrogens with one attached hydrogen (secondary N) is 1. The van der Waals surface area contributed by atoms with Gasteiger partial charge in [0.05, 0.1) is 11.4 Å². The molecule has 0 saturated heterocycles. The first kappa shape index (κ1) is 31.2. The number of hydrogen-bond acceptors (Lipinski definition) is 6. The molecule has 5 aromatic rings. The van der Waals surface area contributed by atoms with Gasteiger partial charge >= 0.3 is 35.3 Å². The van der Waals surface area contributed by atoms with Crippen molar-refractivity contribution in [3.8, 4) is 34.0 Å². The third-order valence-corrected chi connectivity index (χ3v) is 6.83. The van der Waals surface area contributed by atoms with Crippen LogP contribution in [0.1, 0.15) is 42.9 Å². The Morgan fingerprint density at radius 3 is 2.31 bits per heavy atom. The molecule has 0 fully saturated rings. The second-order valence-corrected chi connectivity index (χ2v) is 9.91. The van der Waals surface area contributed by atoms with E-state index in [2.05, 4.69) is 17.1 Å². The third kappa shape index (κ3) is 6.81. The molecular weight excluding hydrogens is 546 g/mol. The van der Waals surface area contributed by atoms with Gasteiger partial charge in [-0.3, -0.25) is 18.9 Å². The number of alkyl halides is 1. The van der Waals surface area contributed by atoms with Crippen molar-refractivity contribution in [1.29, 1.82) is 0 Å². The van der Waals surface area contributed by atoms with Crippen LogP contribution < -0.4 is 16.1 Å². The van der Waals surface area contributed by atoms with Gasteiger partial charge in [-0.25, -0.2) is 14.2 Å². The van der Waals surface area contributed by atoms with E-state index in [4.69, 9.17) is 14.2 Å². The summed E-state index contributed by atoms with van der Waals surface area (Å²) in [5, 5.41) is 3.83. The second-order valence-electron chi connectivity index (χ2n) is 9.91. The minimum atomic E-state index is -0.610. The second kappa shape index (κ2) is 13.9. The summed E-state index contributed by atoms with van der Waals surface area (Å²) in [6, 6.07) is 22.6. The van der Waals surface area contributed by atoms with Gasteiger partial charge in [-0.15, -0.1) is 0 Å². The van der Waals surface area contributed by atoms with E-state index in [0.29, 0.717) is 41.5 Å². The van der Waals surface area contributed by atoms with Gasteiger partial charge in [-0.1, -0.05) is 67.0 Å². The molecule has 212 valence electrons. The van der Waals surface area contributed by atoms with Gasteiger partial charge < -0.3 is 4.74 Å². The summed E-state index contributed by atoms with van der Waals surface area (Å²) >= 11 is 0. The fourth-order valence-corrected chi connectivity index (χ4v) is 4.87. The first-order valence-electron chi connectivity index (χ1n) is 13.6. The van der Waals surface area contributed by atoms with Gasteiger partial charge in [0, 0.05) is 17.5 Å². The summed E-state index contributed by atoms with van der Waals surface area (Å²) in [6.07, 6.45) is 1.44. The Hall–Kier alpha value is -3.79. The van der Waals surface area contributed by atoms with Crippen LogP contribution in [0.25, 0.3) is 28.2 Å². The number of nitrogens with zero attached hydrogens (tertiary/aromatic N) is 3. The van der Waals surface area contributed by atoms with E-state index in [-0.39, 0.29) is 35.1 Å². The van der Waals surface area contributed by atoms with Crippen LogP contribution in [0.3, 0.4) is 0 Å². The summed E-state index contributed by atoms with van der Waals surface area (Å²) < 4.78 is 24.7. The van der Waals surface area contributed by atoms with Gasteiger partial charge in [0.2, 0.25) is 0 Å². The first-order chi connectivity index (χ1) is 19.9. The predicted octanol–water partition coefficient (Wildman–Crippen LogP) is 5.18. The molecule has 2 aromatic heterocycles. The van der Waals surface area contributed by atoms with Crippen molar-refractivity contribution < 1.29 is 13.7 Å². The van der Waals surface area contributed by atoms with Gasteiger partial charge in [0.15, 0.2) is 5.82 Å². The molecule has 0 radical (unpaired) electrons. The average Bonchev–Trinajstić information content (AvgIpc) is 3.42. The van der Waals surface area contributed by atoms with Crippen molar-refractivity contribution in [3.05, 3.63) is 116 Å². The molecule has 10 heteroatoms. The zero-order valence-electron chi connectivity index (χ0n) is 23.2. The van der Waals surface area contributed by atoms with Gasteiger partial charge in [-0.05, 0) is 61.2 Å². The van der Waals surface area contributed by atoms with E-state index in [1.807, 2.05) is 55.5 Å². The molecule has 2 heterocycles. The molecule has 8 nitrogen and oxygen atoms in total. The number of halogens is 1. The van der Waals surface area contributed by atoms with E-state index in [1.165, 1.54) is 0 Å². The van der Waals surface area contributed by atoms with Gasteiger partial charge in [0.25, 0.3) is 5.56 Å². The van der Waals surface area contributed by atoms with Crippen LogP contribution in [0, 0.1) is 6.92 Å². The molecule has 0 saturated carbocycles. The number of benzene rings is 3. The zero-order chi connectivity index (χ0) is 28.9. The van der Waals surface area contributed by atoms with E-state index >= 15 is 0 Å². The number of aryl methyl sites for hydroxylation is 2. The van der Waals surface area contributed by atoms with Crippen LogP contribution >= 0.6 is 0 Å². The van der Waals surface area contributed by atoms with E-state index in [9.17, 15) is 14.0 Å². The van der Waals surface area contributed by atoms with Crippen LogP contribution in [0.15, 0.2) is 86.9 Å². The Bertz CT molecular complexity index is 1760. The van der Waals surface area contributed by atoms with Crippen molar-refractivity contribution in [3.63, 3.8) is 0 Å². The molecule has 0 aliphatic heterocycles. The van der Waals surface area contributed by atoms with Crippen molar-refractivity contribution >= 4 is 29.6 Å². The number of H-pyrrole nitrogens is 1. The molecular formula is C32H32FN4NaO4. The van der Waals surface area contributed by atoms with E-state index < -0.39 is 18.5 Å². The fourth-order valence-electron chi connectivity index (χ4n) is 4.87. The maximum atomic E-state index is 13.9. The molecule has 0 spiro atoms. The van der Waals surface area contributed by atoms with Crippen LogP contribution in [-0.4, -0.2) is 62.0 Å². The number of hydrogen-bond donors (Lipinski definition) is 1. The minimum absolute atomic E-state index is 0. The van der Waals surface area contributed by atoms with Crippen LogP contribution in [0.2, 0.25) is 0 Å². The van der Waals surface area contributed by atoms with Gasteiger partial charge in [0.1, 0.15) is 24.4 Å². The maximum absolute atomic E-state index is 13.9. The fraction of sp³-hybridized carbons (Fsp3) is 0.250. The van der Waals surface area contributed by atoms with Crippen molar-refractivity contribution in [2.24, 2.45) is 0 Å². The Kier molecular flexibility index (Phi) is 10.3. The van der Waals surface area contributed by atoms with Crippen molar-refractivity contribution in [2.75, 3.05) is 6.67 Å². The number of rotatable bonds is 10. The number of aromatic amines is 1. The Labute approximate surface area is 264 Å². The Balaban J connectivity index is 0.00000405. The number of aromatic nitrogens is 4. The predicted molar refractivity (Wildman–Crippen MR) is 163 cm³/mol. The average molecular weight is 579 g/mol. The Morgan fingerprint density at radius 1 is 1.00 bits per heavy atom. The standard InChI is InChI=1S/C32H31FN4O4.Na.H/c1-4-7-29-28(31(38)37(21(3)34-29)24-14-16-25(17-15-24)40-20(2)19-33)18-22-10-12-23(13-11-22)26-8-5-6-9-27(26)30-35-32(39)41-36-30;;/h5-6,8-17,20H,4,7,18-19H2,1-3H3,(H,35,36,39);;. The summed E-state index contributed by atoms with van der Waals surface area (Å²) in [5.74, 6) is 0.894. The first-order valence-corrected chi connectivity index (χ1v) is 13.6. The quantitative estimate of drug-likeness (QED) is 0.229. The van der Waals surface area contributed by atoms with Crippen molar-refractivity contribution in [1.82, 2.24) is 19.7 Å². The molecule has 1 unspecified atom stereocenters. The van der Waals surface area contributed by atoms with E-state index in [0.717, 1.165) is 34.4 Å². The molecule has 0 aliphatic rings. The monoisotopic (exact) mass is 578 g/mol. The summed E-state index contributed by atoms with van der Waals surface area (Å²) in [6.45, 7) is 4.98. The van der Waals surface area contributed by atoms with Crippen LogP contribution in [-0.2, 0) is 12.8 Å². The summed E-state index contributed by atoms with van der Waals surface area (Å²) in [5.41, 5.74) is 5.55. The molecule has 1 N–H and O–H groups in total. The zero-order valence-corrected chi connectivity index (χ0v) is 23.2. The number of ether oxygens (including phenoxy) is 1. The summed E-state index contributed by atoms with van der Waals surface area (Å²) in [7, 11) is 0. The molecule has 0 aliphatic carbocycles. The molecule has 42 heavy (non-hydrogen) atoms. The summed E-state index contributed by atoms with van der Waals surface area (Å²) in [4.78, 5) is 32.8. The van der Waals surface area contributed by atoms with E-state index in [1.54, 1.807) is 35.8 Å². The molecule has 0 amide bonds.